The van der Waals surface area contributed by atoms with E-state index in [1.807, 2.05) is 32.9 Å². The van der Waals surface area contributed by atoms with E-state index < -0.39 is 0 Å². The molecular weight excluding hydrogens is 356 g/mol. The maximum atomic E-state index is 13.1. The number of benzene rings is 1. The summed E-state index contributed by atoms with van der Waals surface area (Å²) in [6, 6.07) is 7.23. The third-order valence-electron chi connectivity index (χ3n) is 5.76. The number of anilines is 1. The molecule has 1 aromatic carbocycles. The lowest BCUT2D eigenvalue weighted by molar-refractivity contribution is 0.0708. The number of para-hydroxylation sites is 2. The first kappa shape index (κ1) is 18.6. The summed E-state index contributed by atoms with van der Waals surface area (Å²) in [5.41, 5.74) is 1.92. The molecule has 1 aliphatic carbocycles. The molecule has 1 amide bonds. The molecule has 1 N–H and O–H groups in total. The van der Waals surface area contributed by atoms with Gasteiger partial charge in [-0.05, 0) is 24.5 Å². The average molecular weight is 382 g/mol. The first-order chi connectivity index (χ1) is 13.3. The molecule has 0 atom stereocenters. The monoisotopic (exact) mass is 382 g/mol. The van der Waals surface area contributed by atoms with Crippen molar-refractivity contribution >= 4 is 17.4 Å². The third-order valence-corrected chi connectivity index (χ3v) is 5.76. The van der Waals surface area contributed by atoms with E-state index in [1.54, 1.807) is 17.0 Å². The van der Waals surface area contributed by atoms with Gasteiger partial charge in [0, 0.05) is 44.6 Å². The lowest BCUT2D eigenvalue weighted by Crippen LogP contribution is -2.48. The zero-order valence-electron chi connectivity index (χ0n) is 16.6. The Kier molecular flexibility index (Phi) is 4.44. The molecule has 4 rings (SSSR count). The highest BCUT2D eigenvalue weighted by Gasteiger charge is 2.38. The van der Waals surface area contributed by atoms with Crippen molar-refractivity contribution < 1.29 is 19.1 Å². The first-order valence-corrected chi connectivity index (χ1v) is 9.74. The van der Waals surface area contributed by atoms with Crippen LogP contribution in [0.3, 0.4) is 0 Å². The van der Waals surface area contributed by atoms with E-state index in [-0.39, 0.29) is 22.9 Å². The van der Waals surface area contributed by atoms with Gasteiger partial charge < -0.3 is 19.3 Å². The number of carbonyl (C=O) groups excluding carboxylic acids is 2. The fourth-order valence-electron chi connectivity index (χ4n) is 4.31. The highest BCUT2D eigenvalue weighted by Crippen LogP contribution is 2.38. The van der Waals surface area contributed by atoms with Crippen LogP contribution in [0, 0.1) is 12.3 Å². The van der Waals surface area contributed by atoms with Gasteiger partial charge in [0.15, 0.2) is 11.5 Å². The van der Waals surface area contributed by atoms with Crippen molar-refractivity contribution in [2.75, 3.05) is 31.1 Å². The van der Waals surface area contributed by atoms with Crippen LogP contribution in [0.25, 0.3) is 0 Å². The topological polar surface area (TPSA) is 74.0 Å². The number of amides is 1. The van der Waals surface area contributed by atoms with Gasteiger partial charge in [0.1, 0.15) is 11.5 Å². The molecule has 1 aliphatic heterocycles. The van der Waals surface area contributed by atoms with Crippen molar-refractivity contribution in [1.82, 2.24) is 4.90 Å². The number of nitrogens with zero attached hydrogens (tertiary/aromatic N) is 2. The molecule has 2 aliphatic rings. The Morgan fingerprint density at radius 3 is 2.46 bits per heavy atom. The zero-order chi connectivity index (χ0) is 20.1. The summed E-state index contributed by atoms with van der Waals surface area (Å²) in [6.45, 7) is 8.25. The van der Waals surface area contributed by atoms with E-state index >= 15 is 0 Å². The summed E-state index contributed by atoms with van der Waals surface area (Å²) in [6.07, 6.45) is 1.15. The SMILES string of the molecule is Cc1c(C(=O)N2CCN(c3ccccc3O)CC2)oc2c1C(=O)CC(C)(C)C2. The Labute approximate surface area is 164 Å². The number of Topliss-reactive ketones (excluding diaryl/α,β-unsaturated/α-hetero) is 1. The Balaban J connectivity index is 1.51. The normalized spacial score (nSPS) is 18.9. The fraction of sp³-hybridized carbons (Fsp3) is 0.455. The summed E-state index contributed by atoms with van der Waals surface area (Å²) in [4.78, 5) is 29.5. The molecule has 0 radical (unpaired) electrons. The number of piperazine rings is 1. The molecule has 6 nitrogen and oxygen atoms in total. The number of phenols is 1. The van der Waals surface area contributed by atoms with Crippen molar-refractivity contribution in [3.05, 3.63) is 46.9 Å². The van der Waals surface area contributed by atoms with E-state index in [9.17, 15) is 14.7 Å². The highest BCUT2D eigenvalue weighted by atomic mass is 16.4. The minimum atomic E-state index is -0.158. The van der Waals surface area contributed by atoms with E-state index in [1.165, 1.54) is 0 Å². The van der Waals surface area contributed by atoms with Gasteiger partial charge in [-0.15, -0.1) is 0 Å². The van der Waals surface area contributed by atoms with Crippen LogP contribution in [0.4, 0.5) is 5.69 Å². The smallest absolute Gasteiger partial charge is 0.289 e. The van der Waals surface area contributed by atoms with Gasteiger partial charge in [-0.2, -0.15) is 0 Å². The number of aromatic hydroxyl groups is 1. The van der Waals surface area contributed by atoms with E-state index in [4.69, 9.17) is 4.42 Å². The number of ketones is 1. The number of hydrogen-bond acceptors (Lipinski definition) is 5. The summed E-state index contributed by atoms with van der Waals surface area (Å²) >= 11 is 0. The van der Waals surface area contributed by atoms with Crippen LogP contribution in [0.1, 0.15) is 52.5 Å². The molecule has 1 aromatic heterocycles. The third kappa shape index (κ3) is 3.17. The number of furan rings is 1. The van der Waals surface area contributed by atoms with E-state index in [0.29, 0.717) is 61.7 Å². The van der Waals surface area contributed by atoms with Gasteiger partial charge >= 0.3 is 0 Å². The highest BCUT2D eigenvalue weighted by molar-refractivity contribution is 6.03. The summed E-state index contributed by atoms with van der Waals surface area (Å²) in [5.74, 6) is 1.10. The zero-order valence-corrected chi connectivity index (χ0v) is 16.6. The van der Waals surface area contributed by atoms with Gasteiger partial charge in [-0.25, -0.2) is 0 Å². The molecule has 1 fully saturated rings. The Morgan fingerprint density at radius 2 is 1.79 bits per heavy atom. The maximum absolute atomic E-state index is 13.1. The van der Waals surface area contributed by atoms with E-state index in [0.717, 1.165) is 5.69 Å². The largest absolute Gasteiger partial charge is 0.506 e. The van der Waals surface area contributed by atoms with Crippen molar-refractivity contribution in [1.29, 1.82) is 0 Å². The molecule has 6 heteroatoms. The molecular formula is C22H26N2O4. The summed E-state index contributed by atoms with van der Waals surface area (Å²) < 4.78 is 5.92. The molecule has 148 valence electrons. The second-order valence-electron chi connectivity index (χ2n) is 8.56. The van der Waals surface area contributed by atoms with Gasteiger partial charge in [-0.1, -0.05) is 26.0 Å². The van der Waals surface area contributed by atoms with Gasteiger partial charge in [-0.3, -0.25) is 9.59 Å². The molecule has 0 unspecified atom stereocenters. The number of fused-ring (bicyclic) bond motifs is 1. The first-order valence-electron chi connectivity index (χ1n) is 9.74. The molecule has 0 saturated carbocycles. The molecule has 28 heavy (non-hydrogen) atoms. The number of carbonyl (C=O) groups is 2. The van der Waals surface area contributed by atoms with Crippen molar-refractivity contribution in [2.24, 2.45) is 5.41 Å². The molecule has 2 heterocycles. The average Bonchev–Trinajstić information content (AvgIpc) is 2.97. The Bertz CT molecular complexity index is 936. The lowest BCUT2D eigenvalue weighted by atomic mass is 9.76. The van der Waals surface area contributed by atoms with Gasteiger partial charge in [0.25, 0.3) is 5.91 Å². The van der Waals surface area contributed by atoms with Crippen LogP contribution >= 0.6 is 0 Å². The Hall–Kier alpha value is -2.76. The molecule has 0 spiro atoms. The summed E-state index contributed by atoms with van der Waals surface area (Å²) in [5, 5.41) is 10.0. The van der Waals surface area contributed by atoms with Crippen LogP contribution in [0.5, 0.6) is 5.75 Å². The standard InChI is InChI=1S/C22H26N2O4/c1-14-19-17(26)12-22(2,3)13-18(19)28-20(14)21(27)24-10-8-23(9-11-24)15-6-4-5-7-16(15)25/h4-7,25H,8-13H2,1-3H3. The van der Waals surface area contributed by atoms with Crippen molar-refractivity contribution in [3.8, 4) is 5.75 Å². The maximum Gasteiger partial charge on any atom is 0.289 e. The van der Waals surface area contributed by atoms with Crippen LogP contribution in [-0.2, 0) is 6.42 Å². The van der Waals surface area contributed by atoms with Gasteiger partial charge in [0.05, 0.1) is 11.3 Å². The molecule has 0 bridgehead atoms. The number of phenolic OH excluding ortho intramolecular Hbond substituents is 1. The number of hydrogen-bond donors (Lipinski definition) is 1. The predicted octanol–water partition coefficient (Wildman–Crippen LogP) is 3.41. The van der Waals surface area contributed by atoms with Crippen LogP contribution in [0.2, 0.25) is 0 Å². The molecule has 1 saturated heterocycles. The second kappa shape index (κ2) is 6.69. The minimum Gasteiger partial charge on any atom is -0.506 e. The minimum absolute atomic E-state index is 0.0657. The predicted molar refractivity (Wildman–Crippen MR) is 106 cm³/mol. The van der Waals surface area contributed by atoms with Crippen LogP contribution in [0.15, 0.2) is 28.7 Å². The lowest BCUT2D eigenvalue weighted by Gasteiger charge is -2.36. The molecule has 2 aromatic rings. The van der Waals surface area contributed by atoms with Crippen molar-refractivity contribution in [2.45, 2.75) is 33.6 Å². The van der Waals surface area contributed by atoms with Crippen molar-refractivity contribution in [3.63, 3.8) is 0 Å². The van der Waals surface area contributed by atoms with Crippen LogP contribution in [-0.4, -0.2) is 47.9 Å². The summed E-state index contributed by atoms with van der Waals surface area (Å²) in [7, 11) is 0. The number of rotatable bonds is 2. The Morgan fingerprint density at radius 1 is 1.11 bits per heavy atom. The van der Waals surface area contributed by atoms with E-state index in [2.05, 4.69) is 4.90 Å². The van der Waals surface area contributed by atoms with Gasteiger partial charge in [0.2, 0.25) is 0 Å². The van der Waals surface area contributed by atoms with Crippen LogP contribution < -0.4 is 4.90 Å². The second-order valence-corrected chi connectivity index (χ2v) is 8.56. The quantitative estimate of drug-likeness (QED) is 0.862. The fourth-order valence-corrected chi connectivity index (χ4v) is 4.31.